The van der Waals surface area contributed by atoms with Gasteiger partial charge in [-0.15, -0.1) is 11.3 Å². The SMILES string of the molecule is COc1ccccc1-c1csc(=NC(C)C)n1N=CC1CC=CCC1. The molecule has 132 valence electrons. The van der Waals surface area contributed by atoms with Crippen LogP contribution in [0.15, 0.2) is 51.9 Å². The monoisotopic (exact) mass is 355 g/mol. The van der Waals surface area contributed by atoms with Crippen molar-refractivity contribution in [1.82, 2.24) is 4.68 Å². The summed E-state index contributed by atoms with van der Waals surface area (Å²) >= 11 is 1.62. The highest BCUT2D eigenvalue weighted by Crippen LogP contribution is 2.30. The van der Waals surface area contributed by atoms with Crippen LogP contribution in [-0.2, 0) is 0 Å². The molecule has 0 N–H and O–H groups in total. The zero-order chi connectivity index (χ0) is 17.6. The summed E-state index contributed by atoms with van der Waals surface area (Å²) in [5.41, 5.74) is 2.05. The van der Waals surface area contributed by atoms with Crippen LogP contribution in [0.25, 0.3) is 11.3 Å². The normalized spacial score (nSPS) is 18.4. The molecule has 0 bridgehead atoms. The van der Waals surface area contributed by atoms with Crippen LogP contribution in [0, 0.1) is 5.92 Å². The Morgan fingerprint density at radius 3 is 2.84 bits per heavy atom. The summed E-state index contributed by atoms with van der Waals surface area (Å²) in [6.07, 6.45) is 9.93. The van der Waals surface area contributed by atoms with Crippen molar-refractivity contribution >= 4 is 17.6 Å². The van der Waals surface area contributed by atoms with Gasteiger partial charge >= 0.3 is 0 Å². The van der Waals surface area contributed by atoms with Gasteiger partial charge < -0.3 is 4.74 Å². The van der Waals surface area contributed by atoms with Crippen LogP contribution in [0.5, 0.6) is 5.75 Å². The zero-order valence-corrected chi connectivity index (χ0v) is 15.9. The van der Waals surface area contributed by atoms with Gasteiger partial charge in [0.2, 0.25) is 4.80 Å². The Morgan fingerprint density at radius 2 is 2.12 bits per heavy atom. The first-order valence-electron chi connectivity index (χ1n) is 8.76. The quantitative estimate of drug-likeness (QED) is 0.565. The van der Waals surface area contributed by atoms with Crippen LogP contribution in [0.4, 0.5) is 0 Å². The van der Waals surface area contributed by atoms with Crippen LogP contribution in [0.2, 0.25) is 0 Å². The van der Waals surface area contributed by atoms with Crippen molar-refractivity contribution in [2.24, 2.45) is 16.0 Å². The summed E-state index contributed by atoms with van der Waals surface area (Å²) in [6, 6.07) is 8.27. The van der Waals surface area contributed by atoms with Crippen molar-refractivity contribution in [2.75, 3.05) is 7.11 Å². The maximum atomic E-state index is 5.54. The minimum atomic E-state index is 0.225. The Labute approximate surface area is 153 Å². The molecule has 0 saturated heterocycles. The first kappa shape index (κ1) is 17.7. The van der Waals surface area contributed by atoms with E-state index < -0.39 is 0 Å². The minimum Gasteiger partial charge on any atom is -0.496 e. The molecular weight excluding hydrogens is 330 g/mol. The molecular formula is C20H25N3OS. The van der Waals surface area contributed by atoms with Gasteiger partial charge in [0.1, 0.15) is 5.75 Å². The Kier molecular flexibility index (Phi) is 5.87. The Hall–Kier alpha value is -2.14. The molecule has 1 unspecified atom stereocenters. The Bertz CT molecular complexity index is 829. The van der Waals surface area contributed by atoms with Crippen molar-refractivity contribution in [3.05, 3.63) is 46.6 Å². The second-order valence-corrected chi connectivity index (χ2v) is 7.28. The molecule has 0 spiro atoms. The molecule has 3 rings (SSSR count). The Morgan fingerprint density at radius 1 is 1.28 bits per heavy atom. The third kappa shape index (κ3) is 4.28. The molecule has 1 heterocycles. The van der Waals surface area contributed by atoms with Crippen LogP contribution < -0.4 is 9.54 Å². The minimum absolute atomic E-state index is 0.225. The molecule has 0 amide bonds. The highest BCUT2D eigenvalue weighted by Gasteiger charge is 2.13. The number of hydrogen-bond acceptors (Lipinski definition) is 4. The summed E-state index contributed by atoms with van der Waals surface area (Å²) in [7, 11) is 1.70. The van der Waals surface area contributed by atoms with Crippen molar-refractivity contribution in [2.45, 2.75) is 39.2 Å². The van der Waals surface area contributed by atoms with E-state index in [9.17, 15) is 0 Å². The molecule has 0 fully saturated rings. The van der Waals surface area contributed by atoms with E-state index in [0.29, 0.717) is 5.92 Å². The van der Waals surface area contributed by atoms with E-state index >= 15 is 0 Å². The number of rotatable bonds is 5. The molecule has 5 heteroatoms. The highest BCUT2D eigenvalue weighted by molar-refractivity contribution is 7.07. The molecule has 1 aromatic carbocycles. The van der Waals surface area contributed by atoms with E-state index in [2.05, 4.69) is 43.7 Å². The lowest BCUT2D eigenvalue weighted by Gasteiger charge is -2.13. The van der Waals surface area contributed by atoms with Gasteiger partial charge in [0.25, 0.3) is 0 Å². The fourth-order valence-corrected chi connectivity index (χ4v) is 3.84. The molecule has 1 aromatic heterocycles. The third-order valence-corrected chi connectivity index (χ3v) is 4.97. The van der Waals surface area contributed by atoms with Crippen LogP contribution in [-0.4, -0.2) is 24.0 Å². The summed E-state index contributed by atoms with van der Waals surface area (Å²) in [6.45, 7) is 4.17. The molecule has 0 aliphatic heterocycles. The molecule has 2 aromatic rings. The fraction of sp³-hybridized carbons (Fsp3) is 0.400. The number of para-hydroxylation sites is 1. The lowest BCUT2D eigenvalue weighted by atomic mass is 9.96. The lowest BCUT2D eigenvalue weighted by molar-refractivity contribution is 0.416. The van der Waals surface area contributed by atoms with Crippen LogP contribution in [0.3, 0.4) is 0 Å². The number of methoxy groups -OCH3 is 1. The smallest absolute Gasteiger partial charge is 0.206 e. The van der Waals surface area contributed by atoms with Gasteiger partial charge in [-0.1, -0.05) is 24.3 Å². The van der Waals surface area contributed by atoms with Gasteiger partial charge in [0.15, 0.2) is 0 Å². The van der Waals surface area contributed by atoms with Gasteiger partial charge in [-0.25, -0.2) is 4.68 Å². The number of thiazole rings is 1. The molecule has 1 aliphatic carbocycles. The summed E-state index contributed by atoms with van der Waals surface area (Å²) < 4.78 is 7.50. The fourth-order valence-electron chi connectivity index (χ4n) is 2.88. The standard InChI is InChI=1S/C20H25N3OS/c1-15(2)22-20-23(21-13-16-9-5-4-6-10-16)18(14-25-20)17-11-7-8-12-19(17)24-3/h4-5,7-8,11-16H,6,9-10H2,1-3H3. The predicted molar refractivity (Wildman–Crippen MR) is 105 cm³/mol. The number of benzene rings is 1. The van der Waals surface area contributed by atoms with E-state index in [1.165, 1.54) is 0 Å². The summed E-state index contributed by atoms with van der Waals surface area (Å²) in [4.78, 5) is 5.65. The summed E-state index contributed by atoms with van der Waals surface area (Å²) in [5, 5.41) is 6.92. The zero-order valence-electron chi connectivity index (χ0n) is 15.1. The largest absolute Gasteiger partial charge is 0.496 e. The van der Waals surface area contributed by atoms with Gasteiger partial charge in [-0.2, -0.15) is 5.10 Å². The topological polar surface area (TPSA) is 38.9 Å². The highest BCUT2D eigenvalue weighted by atomic mass is 32.1. The molecule has 1 aliphatic rings. The van der Waals surface area contributed by atoms with E-state index in [1.807, 2.05) is 22.9 Å². The first-order valence-corrected chi connectivity index (χ1v) is 9.64. The number of hydrogen-bond donors (Lipinski definition) is 0. The first-order chi connectivity index (χ1) is 12.2. The maximum absolute atomic E-state index is 5.54. The maximum Gasteiger partial charge on any atom is 0.206 e. The van der Waals surface area contributed by atoms with E-state index in [-0.39, 0.29) is 6.04 Å². The van der Waals surface area contributed by atoms with E-state index in [1.54, 1.807) is 18.4 Å². The Balaban J connectivity index is 2.05. The van der Waals surface area contributed by atoms with Crippen molar-refractivity contribution in [1.29, 1.82) is 0 Å². The van der Waals surface area contributed by atoms with Crippen molar-refractivity contribution in [3.8, 4) is 17.0 Å². The van der Waals surface area contributed by atoms with Gasteiger partial charge in [0.05, 0.1) is 12.8 Å². The molecule has 1 atom stereocenters. The second-order valence-electron chi connectivity index (χ2n) is 6.45. The van der Waals surface area contributed by atoms with Crippen LogP contribution in [0.1, 0.15) is 33.1 Å². The van der Waals surface area contributed by atoms with Crippen LogP contribution >= 0.6 is 11.3 Å². The number of aromatic nitrogens is 1. The predicted octanol–water partition coefficient (Wildman–Crippen LogP) is 4.72. The molecule has 0 radical (unpaired) electrons. The van der Waals surface area contributed by atoms with Gasteiger partial charge in [0, 0.05) is 23.2 Å². The third-order valence-electron chi connectivity index (χ3n) is 4.14. The number of ether oxygens (including phenoxy) is 1. The van der Waals surface area contributed by atoms with Gasteiger partial charge in [-0.05, 0) is 51.2 Å². The average molecular weight is 356 g/mol. The number of nitrogens with zero attached hydrogens (tertiary/aromatic N) is 3. The van der Waals surface area contributed by atoms with Gasteiger partial charge in [-0.3, -0.25) is 4.99 Å². The van der Waals surface area contributed by atoms with E-state index in [4.69, 9.17) is 14.8 Å². The lowest BCUT2D eigenvalue weighted by Crippen LogP contribution is -2.16. The average Bonchev–Trinajstić information content (AvgIpc) is 3.02. The second kappa shape index (κ2) is 8.30. The summed E-state index contributed by atoms with van der Waals surface area (Å²) in [5.74, 6) is 1.34. The molecule has 25 heavy (non-hydrogen) atoms. The van der Waals surface area contributed by atoms with Crippen molar-refractivity contribution < 1.29 is 4.74 Å². The van der Waals surface area contributed by atoms with Crippen molar-refractivity contribution in [3.63, 3.8) is 0 Å². The number of allylic oxidation sites excluding steroid dienone is 2. The van der Waals surface area contributed by atoms with E-state index in [0.717, 1.165) is 41.1 Å². The molecule has 4 nitrogen and oxygen atoms in total. The molecule has 0 saturated carbocycles.